The van der Waals surface area contributed by atoms with Crippen molar-refractivity contribution in [3.8, 4) is 0 Å². The van der Waals surface area contributed by atoms with E-state index in [0.29, 0.717) is 17.2 Å². The molecule has 168 valence electrons. The lowest BCUT2D eigenvalue weighted by Gasteiger charge is -2.33. The number of benzene rings is 2. The fourth-order valence-corrected chi connectivity index (χ4v) is 4.58. The Labute approximate surface area is 186 Å². The number of aryl methyl sites for hydroxylation is 1. The van der Waals surface area contributed by atoms with Crippen molar-refractivity contribution in [3.05, 3.63) is 59.2 Å². The van der Waals surface area contributed by atoms with E-state index in [0.717, 1.165) is 30.5 Å². The SMILES string of the molecule is Cc1ccc(C(=O)N[C@H](C)c2ccc(N3CCC[C@H](C)C3)cc2)cc1N(C)S(C)(=O)=O. The number of anilines is 2. The third-order valence-corrected chi connectivity index (χ3v) is 7.26. The first-order chi connectivity index (χ1) is 14.6. The first-order valence-electron chi connectivity index (χ1n) is 10.8. The Morgan fingerprint density at radius 2 is 1.87 bits per heavy atom. The zero-order valence-electron chi connectivity index (χ0n) is 19.1. The highest BCUT2D eigenvalue weighted by Crippen LogP contribution is 2.26. The largest absolute Gasteiger partial charge is 0.371 e. The number of nitrogens with zero attached hydrogens (tertiary/aromatic N) is 2. The molecule has 0 aromatic heterocycles. The lowest BCUT2D eigenvalue weighted by molar-refractivity contribution is 0.0940. The smallest absolute Gasteiger partial charge is 0.251 e. The van der Waals surface area contributed by atoms with Gasteiger partial charge in [-0.05, 0) is 68.0 Å². The molecular formula is C24H33N3O3S. The van der Waals surface area contributed by atoms with Crippen LogP contribution >= 0.6 is 0 Å². The molecule has 1 fully saturated rings. The van der Waals surface area contributed by atoms with Crippen molar-refractivity contribution in [2.75, 3.05) is 35.6 Å². The maximum atomic E-state index is 12.8. The van der Waals surface area contributed by atoms with Gasteiger partial charge in [-0.2, -0.15) is 0 Å². The molecule has 0 saturated carbocycles. The first kappa shape index (κ1) is 23.1. The van der Waals surface area contributed by atoms with Crippen LogP contribution < -0.4 is 14.5 Å². The summed E-state index contributed by atoms with van der Waals surface area (Å²) < 4.78 is 25.0. The summed E-state index contributed by atoms with van der Waals surface area (Å²) in [5, 5.41) is 3.02. The minimum Gasteiger partial charge on any atom is -0.371 e. The van der Waals surface area contributed by atoms with E-state index in [1.54, 1.807) is 18.2 Å². The molecule has 6 nitrogen and oxygen atoms in total. The van der Waals surface area contributed by atoms with Gasteiger partial charge in [-0.1, -0.05) is 25.1 Å². The fourth-order valence-electron chi connectivity index (χ4n) is 4.03. The van der Waals surface area contributed by atoms with Gasteiger partial charge in [0.15, 0.2) is 0 Å². The molecule has 3 rings (SSSR count). The van der Waals surface area contributed by atoms with E-state index in [-0.39, 0.29) is 11.9 Å². The molecule has 1 aliphatic rings. The maximum Gasteiger partial charge on any atom is 0.251 e. The van der Waals surface area contributed by atoms with Crippen LogP contribution in [0.4, 0.5) is 11.4 Å². The van der Waals surface area contributed by atoms with Gasteiger partial charge in [-0.15, -0.1) is 0 Å². The van der Waals surface area contributed by atoms with Gasteiger partial charge in [0.2, 0.25) is 10.0 Å². The fraction of sp³-hybridized carbons (Fsp3) is 0.458. The quantitative estimate of drug-likeness (QED) is 0.729. The third kappa shape index (κ3) is 5.58. The minimum atomic E-state index is -3.41. The second-order valence-electron chi connectivity index (χ2n) is 8.71. The molecule has 31 heavy (non-hydrogen) atoms. The molecule has 1 N–H and O–H groups in total. The Bertz CT molecular complexity index is 1030. The number of carbonyl (C=O) groups excluding carboxylic acids is 1. The average Bonchev–Trinajstić information content (AvgIpc) is 2.73. The number of amides is 1. The van der Waals surface area contributed by atoms with Gasteiger partial charge >= 0.3 is 0 Å². The van der Waals surface area contributed by atoms with Crippen molar-refractivity contribution in [1.82, 2.24) is 5.32 Å². The molecule has 2 aromatic rings. The van der Waals surface area contributed by atoms with E-state index < -0.39 is 10.0 Å². The van der Waals surface area contributed by atoms with Crippen LogP contribution in [0.25, 0.3) is 0 Å². The molecule has 2 atom stereocenters. The molecule has 0 aliphatic carbocycles. The first-order valence-corrected chi connectivity index (χ1v) is 12.6. The van der Waals surface area contributed by atoms with Crippen LogP contribution in [0.1, 0.15) is 54.2 Å². The maximum absolute atomic E-state index is 12.8. The Hall–Kier alpha value is -2.54. The second-order valence-corrected chi connectivity index (χ2v) is 10.7. The zero-order valence-corrected chi connectivity index (χ0v) is 19.9. The number of carbonyl (C=O) groups is 1. The summed E-state index contributed by atoms with van der Waals surface area (Å²) in [5.74, 6) is 0.484. The lowest BCUT2D eigenvalue weighted by Crippen LogP contribution is -2.34. The predicted molar refractivity (Wildman–Crippen MR) is 127 cm³/mol. The van der Waals surface area contributed by atoms with Gasteiger partial charge in [0.1, 0.15) is 0 Å². The molecule has 0 bridgehead atoms. The van der Waals surface area contributed by atoms with Gasteiger partial charge in [-0.3, -0.25) is 9.10 Å². The standard InChI is InChI=1S/C24H33N3O3S/c1-17-7-6-14-27(16-17)22-12-10-20(11-13-22)19(3)25-24(28)21-9-8-18(2)23(15-21)26(4)31(5,29)30/h8-13,15,17,19H,6-7,14,16H2,1-5H3,(H,25,28)/t17-,19+/m0/s1. The van der Waals surface area contributed by atoms with Crippen molar-refractivity contribution in [2.24, 2.45) is 5.92 Å². The molecule has 2 aromatic carbocycles. The van der Waals surface area contributed by atoms with Crippen molar-refractivity contribution < 1.29 is 13.2 Å². The summed E-state index contributed by atoms with van der Waals surface area (Å²) in [4.78, 5) is 15.3. The van der Waals surface area contributed by atoms with Crippen LogP contribution in [0, 0.1) is 12.8 Å². The normalized spacial score (nSPS) is 17.8. The monoisotopic (exact) mass is 443 g/mol. The van der Waals surface area contributed by atoms with E-state index in [2.05, 4.69) is 41.4 Å². The van der Waals surface area contributed by atoms with Crippen molar-refractivity contribution >= 4 is 27.3 Å². The summed E-state index contributed by atoms with van der Waals surface area (Å²) in [6.07, 6.45) is 3.66. The van der Waals surface area contributed by atoms with Crippen molar-refractivity contribution in [1.29, 1.82) is 0 Å². The number of hydrogen-bond donors (Lipinski definition) is 1. The highest BCUT2D eigenvalue weighted by atomic mass is 32.2. The van der Waals surface area contributed by atoms with E-state index in [1.165, 1.54) is 29.9 Å². The molecule has 7 heteroatoms. The Morgan fingerprint density at radius 1 is 1.19 bits per heavy atom. The summed E-state index contributed by atoms with van der Waals surface area (Å²) in [7, 11) is -1.91. The molecule has 1 aliphatic heterocycles. The Balaban J connectivity index is 1.70. The summed E-state index contributed by atoms with van der Waals surface area (Å²) >= 11 is 0. The van der Waals surface area contributed by atoms with Crippen molar-refractivity contribution in [2.45, 2.75) is 39.7 Å². The zero-order chi connectivity index (χ0) is 22.8. The predicted octanol–water partition coefficient (Wildman–Crippen LogP) is 4.12. The van der Waals surface area contributed by atoms with Crippen molar-refractivity contribution in [3.63, 3.8) is 0 Å². The van der Waals surface area contributed by atoms with Crippen LogP contribution in [0.15, 0.2) is 42.5 Å². The van der Waals surface area contributed by atoms with Crippen LogP contribution in [-0.4, -0.2) is 40.7 Å². The topological polar surface area (TPSA) is 69.7 Å². The lowest BCUT2D eigenvalue weighted by atomic mass is 9.99. The summed E-state index contributed by atoms with van der Waals surface area (Å²) in [6, 6.07) is 13.3. The molecule has 1 heterocycles. The number of piperidine rings is 1. The van der Waals surface area contributed by atoms with E-state index in [1.807, 2.05) is 13.8 Å². The van der Waals surface area contributed by atoms with Gasteiger partial charge in [-0.25, -0.2) is 8.42 Å². The molecule has 0 spiro atoms. The average molecular weight is 444 g/mol. The van der Waals surface area contributed by atoms with E-state index >= 15 is 0 Å². The van der Waals surface area contributed by atoms with Crippen LogP contribution in [-0.2, 0) is 10.0 Å². The third-order valence-electron chi connectivity index (χ3n) is 6.07. The van der Waals surface area contributed by atoms with E-state index in [4.69, 9.17) is 0 Å². The molecule has 0 radical (unpaired) electrons. The highest BCUT2D eigenvalue weighted by Gasteiger charge is 2.19. The Kier molecular flexibility index (Phi) is 6.94. The minimum absolute atomic E-state index is 0.167. The van der Waals surface area contributed by atoms with Crippen LogP contribution in [0.5, 0.6) is 0 Å². The number of rotatable bonds is 6. The number of sulfonamides is 1. The molecule has 1 saturated heterocycles. The van der Waals surface area contributed by atoms with Gasteiger partial charge < -0.3 is 10.2 Å². The Morgan fingerprint density at radius 3 is 2.48 bits per heavy atom. The number of nitrogens with one attached hydrogen (secondary N) is 1. The molecule has 0 unspecified atom stereocenters. The summed E-state index contributed by atoms with van der Waals surface area (Å²) in [6.45, 7) is 8.25. The number of hydrogen-bond acceptors (Lipinski definition) is 4. The molecular weight excluding hydrogens is 410 g/mol. The summed E-state index contributed by atoms with van der Waals surface area (Å²) in [5.41, 5.74) is 3.98. The van der Waals surface area contributed by atoms with Crippen LogP contribution in [0.3, 0.4) is 0 Å². The van der Waals surface area contributed by atoms with Gasteiger partial charge in [0.05, 0.1) is 18.0 Å². The van der Waals surface area contributed by atoms with Gasteiger partial charge in [0, 0.05) is 31.4 Å². The molecule has 1 amide bonds. The van der Waals surface area contributed by atoms with Gasteiger partial charge in [0.25, 0.3) is 5.91 Å². The van der Waals surface area contributed by atoms with E-state index in [9.17, 15) is 13.2 Å². The highest BCUT2D eigenvalue weighted by molar-refractivity contribution is 7.92. The second kappa shape index (κ2) is 9.30. The van der Waals surface area contributed by atoms with Crippen LogP contribution in [0.2, 0.25) is 0 Å².